The van der Waals surface area contributed by atoms with Crippen LogP contribution in [0.4, 0.5) is 5.82 Å². The number of nitrogens with zero attached hydrogens (tertiary/aromatic N) is 6. The third-order valence-corrected chi connectivity index (χ3v) is 7.94. The number of likely N-dealkylation sites (tertiary alicyclic amines) is 1. The molecule has 3 atom stereocenters. The lowest BCUT2D eigenvalue weighted by molar-refractivity contribution is 0.0606. The van der Waals surface area contributed by atoms with Crippen LogP contribution in [0, 0.1) is 12.8 Å². The van der Waals surface area contributed by atoms with E-state index in [0.717, 1.165) is 53.1 Å². The molecule has 39 heavy (non-hydrogen) atoms. The Bertz CT molecular complexity index is 1510. The third kappa shape index (κ3) is 4.81. The molecule has 4 aromatic rings. The second-order valence-corrected chi connectivity index (χ2v) is 10.6. The Labute approximate surface area is 228 Å². The maximum absolute atomic E-state index is 14.0. The molecule has 1 N–H and O–H groups in total. The van der Waals surface area contributed by atoms with Gasteiger partial charge in [0.2, 0.25) is 0 Å². The van der Waals surface area contributed by atoms with E-state index in [1.54, 1.807) is 7.05 Å². The van der Waals surface area contributed by atoms with Gasteiger partial charge in [-0.1, -0.05) is 48.5 Å². The highest BCUT2D eigenvalue weighted by Crippen LogP contribution is 2.34. The first-order chi connectivity index (χ1) is 19.0. The Hall–Kier alpha value is -4.04. The van der Waals surface area contributed by atoms with E-state index in [-0.39, 0.29) is 17.9 Å². The van der Waals surface area contributed by atoms with Crippen LogP contribution in [0.1, 0.15) is 46.9 Å². The first kappa shape index (κ1) is 25.2. The van der Waals surface area contributed by atoms with Crippen molar-refractivity contribution in [2.75, 3.05) is 31.6 Å². The van der Waals surface area contributed by atoms with E-state index in [1.807, 2.05) is 89.4 Å². The summed E-state index contributed by atoms with van der Waals surface area (Å²) in [6, 6.07) is 19.9. The Kier molecular flexibility index (Phi) is 6.87. The Morgan fingerprint density at radius 1 is 1.08 bits per heavy atom. The van der Waals surface area contributed by atoms with Crippen LogP contribution in [-0.2, 0) is 0 Å². The van der Waals surface area contributed by atoms with Gasteiger partial charge >= 0.3 is 0 Å². The second-order valence-electron chi connectivity index (χ2n) is 10.6. The maximum Gasteiger partial charge on any atom is 0.255 e. The van der Waals surface area contributed by atoms with Crippen molar-refractivity contribution in [2.45, 2.75) is 38.3 Å². The molecule has 4 heterocycles. The number of hydrogen-bond donors (Lipinski definition) is 1. The third-order valence-electron chi connectivity index (χ3n) is 7.94. The highest BCUT2D eigenvalue weighted by atomic mass is 16.3. The number of piperidine rings is 1. The van der Waals surface area contributed by atoms with E-state index in [1.165, 1.54) is 0 Å². The monoisotopic (exact) mass is 522 g/mol. The Morgan fingerprint density at radius 2 is 1.87 bits per heavy atom. The molecule has 2 aromatic heterocycles. The summed E-state index contributed by atoms with van der Waals surface area (Å²) < 4.78 is 1.82. The fourth-order valence-corrected chi connectivity index (χ4v) is 6.00. The molecule has 6 rings (SSSR count). The molecule has 0 radical (unpaired) electrons. The lowest BCUT2D eigenvalue weighted by atomic mass is 9.95. The normalized spacial score (nSPS) is 21.8. The van der Waals surface area contributed by atoms with Crippen molar-refractivity contribution in [3.05, 3.63) is 83.7 Å². The van der Waals surface area contributed by atoms with Crippen molar-refractivity contribution in [1.82, 2.24) is 19.5 Å². The number of anilines is 1. The molecule has 0 saturated carbocycles. The molecule has 0 spiro atoms. The van der Waals surface area contributed by atoms with Gasteiger partial charge in [-0.15, -0.1) is 0 Å². The lowest BCUT2D eigenvalue weighted by Crippen LogP contribution is -2.39. The summed E-state index contributed by atoms with van der Waals surface area (Å²) in [6.45, 7) is 3.92. The average Bonchev–Trinajstić information content (AvgIpc) is 3.55. The first-order valence-corrected chi connectivity index (χ1v) is 13.7. The van der Waals surface area contributed by atoms with E-state index in [4.69, 9.17) is 10.1 Å². The van der Waals surface area contributed by atoms with Crippen molar-refractivity contribution < 1.29 is 9.90 Å². The number of benzene rings is 2. The predicted octanol–water partition coefficient (Wildman–Crippen LogP) is 4.57. The maximum atomic E-state index is 14.0. The lowest BCUT2D eigenvalue weighted by Gasteiger charge is -2.35. The topological polar surface area (TPSA) is 86.3 Å². The molecule has 0 bridgehead atoms. The number of rotatable bonds is 5. The number of fused-ring (bicyclic) bond motifs is 1. The molecule has 0 aliphatic carbocycles. The number of amides is 1. The van der Waals surface area contributed by atoms with Crippen LogP contribution >= 0.6 is 0 Å². The van der Waals surface area contributed by atoms with E-state index in [9.17, 15) is 9.90 Å². The number of aromatic nitrogens is 3. The van der Waals surface area contributed by atoms with Gasteiger partial charge in [0.15, 0.2) is 5.65 Å². The van der Waals surface area contributed by atoms with Crippen LogP contribution in [-0.4, -0.2) is 69.5 Å². The van der Waals surface area contributed by atoms with Gasteiger partial charge in [0.05, 0.1) is 17.8 Å². The minimum Gasteiger partial charge on any atom is -0.391 e. The number of aliphatic hydroxyl groups is 1. The molecule has 200 valence electrons. The molecule has 2 fully saturated rings. The number of carbonyl (C=O) groups is 1. The fraction of sp³-hybridized carbons (Fsp3) is 0.355. The molecule has 0 unspecified atom stereocenters. The zero-order valence-electron chi connectivity index (χ0n) is 22.4. The summed E-state index contributed by atoms with van der Waals surface area (Å²) in [6.07, 6.45) is 6.24. The van der Waals surface area contributed by atoms with E-state index in [0.29, 0.717) is 25.2 Å². The minimum absolute atomic E-state index is 0.00605. The quantitative estimate of drug-likeness (QED) is 0.388. The van der Waals surface area contributed by atoms with Crippen molar-refractivity contribution in [3.8, 4) is 11.1 Å². The highest BCUT2D eigenvalue weighted by Gasteiger charge is 2.33. The van der Waals surface area contributed by atoms with Gasteiger partial charge in [0.25, 0.3) is 5.91 Å². The fourth-order valence-electron chi connectivity index (χ4n) is 6.00. The van der Waals surface area contributed by atoms with Crippen LogP contribution < -0.4 is 4.90 Å². The number of carbonyl (C=O) groups excluding carboxylic acids is 1. The molecule has 2 aliphatic rings. The molecule has 8 heteroatoms. The standard InChI is InChI=1S/C31H34N6O2/c1-21-18-37-29(33-30(21)35-19-23(17-32-2)28(38)20-35)16-26(34-37)27-14-8-9-15-36(27)31(39)25-13-7-6-12-24(25)22-10-4-3-5-11-22/h3-7,10-13,16-18,23,27-28,38H,8-9,14-15,19-20H2,1-2H3/t23-,27+,28+/m1/s1. The van der Waals surface area contributed by atoms with Gasteiger partial charge in [-0.25, -0.2) is 9.50 Å². The summed E-state index contributed by atoms with van der Waals surface area (Å²) >= 11 is 0. The smallest absolute Gasteiger partial charge is 0.255 e. The minimum atomic E-state index is -0.466. The van der Waals surface area contributed by atoms with Gasteiger partial charge in [0, 0.05) is 62.2 Å². The van der Waals surface area contributed by atoms with Crippen LogP contribution in [0.15, 0.2) is 71.9 Å². The van der Waals surface area contributed by atoms with E-state index < -0.39 is 6.10 Å². The zero-order valence-corrected chi connectivity index (χ0v) is 22.4. The average molecular weight is 523 g/mol. The largest absolute Gasteiger partial charge is 0.391 e. The van der Waals surface area contributed by atoms with Crippen molar-refractivity contribution >= 4 is 23.6 Å². The molecule has 8 nitrogen and oxygen atoms in total. The molecule has 2 saturated heterocycles. The summed E-state index contributed by atoms with van der Waals surface area (Å²) in [5.74, 6) is 0.887. The number of hydrogen-bond acceptors (Lipinski definition) is 6. The second kappa shape index (κ2) is 10.6. The highest BCUT2D eigenvalue weighted by molar-refractivity contribution is 6.01. The predicted molar refractivity (Wildman–Crippen MR) is 153 cm³/mol. The molecule has 1 amide bonds. The number of β-amino-alcohol motifs (C(OH)–C–C–N with tert-alkyl or cyclic N) is 1. The Balaban J connectivity index is 1.31. The van der Waals surface area contributed by atoms with Crippen molar-refractivity contribution in [2.24, 2.45) is 10.9 Å². The molecular formula is C31H34N6O2. The van der Waals surface area contributed by atoms with Crippen molar-refractivity contribution in [1.29, 1.82) is 0 Å². The SMILES string of the molecule is CN=C[C@@H]1CN(c2nc3cc([C@@H]4CCCCN4C(=O)c4ccccc4-c4ccccc4)nn3cc2C)C[C@@H]1O. The summed E-state index contributed by atoms with van der Waals surface area (Å²) in [5, 5.41) is 15.4. The summed E-state index contributed by atoms with van der Waals surface area (Å²) in [7, 11) is 1.73. The van der Waals surface area contributed by atoms with E-state index >= 15 is 0 Å². The molecular weight excluding hydrogens is 488 g/mol. The van der Waals surface area contributed by atoms with Gasteiger partial charge in [-0.2, -0.15) is 5.10 Å². The Morgan fingerprint density at radius 3 is 2.69 bits per heavy atom. The molecule has 2 aromatic carbocycles. The first-order valence-electron chi connectivity index (χ1n) is 13.7. The van der Waals surface area contributed by atoms with Crippen LogP contribution in [0.3, 0.4) is 0 Å². The van der Waals surface area contributed by atoms with Crippen LogP contribution in [0.5, 0.6) is 0 Å². The number of aliphatic imine (C=N–C) groups is 1. The summed E-state index contributed by atoms with van der Waals surface area (Å²) in [4.78, 5) is 27.2. The zero-order chi connectivity index (χ0) is 26.9. The van der Waals surface area contributed by atoms with Gasteiger partial charge < -0.3 is 19.9 Å². The van der Waals surface area contributed by atoms with Crippen LogP contribution in [0.25, 0.3) is 16.8 Å². The number of aliphatic hydroxyl groups excluding tert-OH is 1. The van der Waals surface area contributed by atoms with Gasteiger partial charge in [-0.3, -0.25) is 4.79 Å². The van der Waals surface area contributed by atoms with Crippen LogP contribution in [0.2, 0.25) is 0 Å². The van der Waals surface area contributed by atoms with Crippen molar-refractivity contribution in [3.63, 3.8) is 0 Å². The summed E-state index contributed by atoms with van der Waals surface area (Å²) in [5.41, 5.74) is 5.30. The molecule has 2 aliphatic heterocycles. The number of aryl methyl sites for hydroxylation is 1. The van der Waals surface area contributed by atoms with Gasteiger partial charge in [-0.05, 0) is 43.4 Å². The van der Waals surface area contributed by atoms with E-state index in [2.05, 4.69) is 9.89 Å². The van der Waals surface area contributed by atoms with Gasteiger partial charge in [0.1, 0.15) is 5.82 Å².